The molecule has 2 aromatic rings. The fraction of sp³-hybridized carbons (Fsp3) is 0.176. The first-order valence-electron chi connectivity index (χ1n) is 7.09. The first-order chi connectivity index (χ1) is 11.2. The third kappa shape index (κ3) is 2.96. The highest BCUT2D eigenvalue weighted by atomic mass is 16.6. The molecule has 3 rings (SSSR count). The molecule has 0 saturated carbocycles. The summed E-state index contributed by atoms with van der Waals surface area (Å²) in [5.74, 6) is 1.15. The van der Waals surface area contributed by atoms with Gasteiger partial charge in [0.05, 0.1) is 20.0 Å². The van der Waals surface area contributed by atoms with Gasteiger partial charge in [-0.05, 0) is 31.2 Å². The van der Waals surface area contributed by atoms with E-state index in [1.165, 1.54) is 6.26 Å². The zero-order valence-electron chi connectivity index (χ0n) is 12.7. The van der Waals surface area contributed by atoms with Crippen LogP contribution < -0.4 is 9.47 Å². The molecule has 118 valence electrons. The molecule has 0 aliphatic carbocycles. The number of carbonyl (C=O) groups excluding carboxylic acids is 1. The van der Waals surface area contributed by atoms with Crippen molar-refractivity contribution in [2.45, 2.75) is 6.92 Å². The second-order valence-electron chi connectivity index (χ2n) is 4.62. The highest BCUT2D eigenvalue weighted by molar-refractivity contribution is 6.12. The maximum atomic E-state index is 12.0. The number of furan rings is 1. The number of methoxy groups -OCH3 is 1. The summed E-state index contributed by atoms with van der Waals surface area (Å²) in [6.07, 6.45) is 3.09. The Bertz CT molecular complexity index is 774. The van der Waals surface area contributed by atoms with Crippen molar-refractivity contribution in [2.24, 2.45) is 4.99 Å². The van der Waals surface area contributed by atoms with Gasteiger partial charge in [0.1, 0.15) is 0 Å². The molecule has 2 heterocycles. The first kappa shape index (κ1) is 14.9. The van der Waals surface area contributed by atoms with Crippen LogP contribution in [0, 0.1) is 0 Å². The number of esters is 1. The summed E-state index contributed by atoms with van der Waals surface area (Å²) < 4.78 is 21.2. The summed E-state index contributed by atoms with van der Waals surface area (Å²) in [6, 6.07) is 8.78. The van der Waals surface area contributed by atoms with Gasteiger partial charge in [0.15, 0.2) is 23.0 Å². The number of benzene rings is 1. The maximum Gasteiger partial charge on any atom is 0.363 e. The van der Waals surface area contributed by atoms with Gasteiger partial charge in [0.25, 0.3) is 5.90 Å². The van der Waals surface area contributed by atoms with Crippen LogP contribution in [0.15, 0.2) is 51.7 Å². The predicted molar refractivity (Wildman–Crippen MR) is 83.5 cm³/mol. The minimum Gasteiger partial charge on any atom is -0.493 e. The molecule has 1 aromatic heterocycles. The van der Waals surface area contributed by atoms with E-state index in [1.807, 2.05) is 19.1 Å². The average molecular weight is 313 g/mol. The number of nitrogens with zero attached hydrogens (tertiary/aromatic N) is 1. The van der Waals surface area contributed by atoms with Crippen molar-refractivity contribution in [3.8, 4) is 11.5 Å². The van der Waals surface area contributed by atoms with Crippen LogP contribution in [0.4, 0.5) is 0 Å². The molecule has 1 aliphatic rings. The molecule has 0 amide bonds. The topological polar surface area (TPSA) is 70.3 Å². The number of aliphatic imine (C=N–C) groups is 1. The van der Waals surface area contributed by atoms with Crippen molar-refractivity contribution in [3.63, 3.8) is 0 Å². The van der Waals surface area contributed by atoms with E-state index in [0.717, 1.165) is 0 Å². The lowest BCUT2D eigenvalue weighted by Crippen LogP contribution is -2.04. The fourth-order valence-corrected chi connectivity index (χ4v) is 2.17. The number of cyclic esters (lactones) is 1. The number of hydrogen-bond acceptors (Lipinski definition) is 6. The second kappa shape index (κ2) is 6.39. The minimum absolute atomic E-state index is 0.145. The molecule has 0 atom stereocenters. The van der Waals surface area contributed by atoms with Crippen molar-refractivity contribution >= 4 is 17.9 Å². The maximum absolute atomic E-state index is 12.0. The van der Waals surface area contributed by atoms with E-state index in [4.69, 9.17) is 18.6 Å². The lowest BCUT2D eigenvalue weighted by atomic mass is 10.1. The van der Waals surface area contributed by atoms with E-state index < -0.39 is 5.97 Å². The highest BCUT2D eigenvalue weighted by Crippen LogP contribution is 2.33. The molecule has 1 aliphatic heterocycles. The van der Waals surface area contributed by atoms with Crippen molar-refractivity contribution in [1.29, 1.82) is 0 Å². The lowest BCUT2D eigenvalue weighted by molar-refractivity contribution is -0.130. The summed E-state index contributed by atoms with van der Waals surface area (Å²) in [5, 5.41) is 0. The molecule has 23 heavy (non-hydrogen) atoms. The van der Waals surface area contributed by atoms with Crippen LogP contribution in [0.1, 0.15) is 18.2 Å². The first-order valence-corrected chi connectivity index (χ1v) is 7.09. The Morgan fingerprint density at radius 2 is 2.13 bits per heavy atom. The van der Waals surface area contributed by atoms with Gasteiger partial charge in [-0.15, -0.1) is 0 Å². The second-order valence-corrected chi connectivity index (χ2v) is 4.62. The number of para-hydroxylation sites is 1. The molecule has 0 radical (unpaired) electrons. The van der Waals surface area contributed by atoms with Gasteiger partial charge < -0.3 is 18.6 Å². The van der Waals surface area contributed by atoms with Gasteiger partial charge in [-0.2, -0.15) is 0 Å². The number of ether oxygens (including phenoxy) is 3. The third-order valence-electron chi connectivity index (χ3n) is 3.16. The van der Waals surface area contributed by atoms with E-state index in [2.05, 4.69) is 4.99 Å². The standard InChI is InChI=1S/C17H15NO5/c1-3-21-15-11(6-4-7-13(15)20-2)10-12-17(19)23-16(18-12)14-8-5-9-22-14/h4-10H,3H2,1-2H3/b12-10+. The zero-order valence-corrected chi connectivity index (χ0v) is 12.7. The monoisotopic (exact) mass is 313 g/mol. The summed E-state index contributed by atoms with van der Waals surface area (Å²) in [5.41, 5.74) is 0.855. The van der Waals surface area contributed by atoms with Crippen LogP contribution in [0.5, 0.6) is 11.5 Å². The molecular weight excluding hydrogens is 298 g/mol. The molecule has 6 heteroatoms. The van der Waals surface area contributed by atoms with Crippen molar-refractivity contribution in [1.82, 2.24) is 0 Å². The van der Waals surface area contributed by atoms with Crippen LogP contribution in [-0.4, -0.2) is 25.6 Å². The zero-order chi connectivity index (χ0) is 16.2. The van der Waals surface area contributed by atoms with Gasteiger partial charge in [-0.3, -0.25) is 0 Å². The van der Waals surface area contributed by atoms with Crippen LogP contribution in [0.2, 0.25) is 0 Å². The van der Waals surface area contributed by atoms with Gasteiger partial charge in [0, 0.05) is 5.56 Å². The number of rotatable bonds is 5. The van der Waals surface area contributed by atoms with Crippen LogP contribution in [-0.2, 0) is 9.53 Å². The van der Waals surface area contributed by atoms with E-state index in [-0.39, 0.29) is 11.6 Å². The summed E-state index contributed by atoms with van der Waals surface area (Å²) in [7, 11) is 1.56. The van der Waals surface area contributed by atoms with Gasteiger partial charge >= 0.3 is 5.97 Å². The molecule has 0 N–H and O–H groups in total. The van der Waals surface area contributed by atoms with Gasteiger partial charge in [-0.25, -0.2) is 9.79 Å². The van der Waals surface area contributed by atoms with Crippen LogP contribution >= 0.6 is 0 Å². The highest BCUT2D eigenvalue weighted by Gasteiger charge is 2.26. The molecule has 0 fully saturated rings. The Kier molecular flexibility index (Phi) is 4.14. The predicted octanol–water partition coefficient (Wildman–Crippen LogP) is 3.03. The van der Waals surface area contributed by atoms with Crippen LogP contribution in [0.25, 0.3) is 6.08 Å². The average Bonchev–Trinajstić information content (AvgIpc) is 3.19. The molecule has 0 saturated heterocycles. The van der Waals surface area contributed by atoms with Gasteiger partial charge in [0.2, 0.25) is 0 Å². The molecule has 0 unspecified atom stereocenters. The Labute approximate surface area is 133 Å². The van der Waals surface area contributed by atoms with E-state index in [9.17, 15) is 4.79 Å². The Hall–Kier alpha value is -3.02. The van der Waals surface area contributed by atoms with Gasteiger partial charge in [-0.1, -0.05) is 12.1 Å². The molecular formula is C17H15NO5. The Morgan fingerprint density at radius 1 is 1.26 bits per heavy atom. The lowest BCUT2D eigenvalue weighted by Gasteiger charge is -2.11. The third-order valence-corrected chi connectivity index (χ3v) is 3.16. The number of carbonyl (C=O) groups is 1. The number of hydrogen-bond donors (Lipinski definition) is 0. The minimum atomic E-state index is -0.540. The summed E-state index contributed by atoms with van der Waals surface area (Å²) >= 11 is 0. The Morgan fingerprint density at radius 3 is 2.83 bits per heavy atom. The van der Waals surface area contributed by atoms with Crippen molar-refractivity contribution in [2.75, 3.05) is 13.7 Å². The largest absolute Gasteiger partial charge is 0.493 e. The summed E-state index contributed by atoms with van der Waals surface area (Å²) in [4.78, 5) is 16.2. The molecule has 0 spiro atoms. The van der Waals surface area contributed by atoms with Crippen LogP contribution in [0.3, 0.4) is 0 Å². The smallest absolute Gasteiger partial charge is 0.363 e. The molecule has 6 nitrogen and oxygen atoms in total. The van der Waals surface area contributed by atoms with Crippen molar-refractivity contribution < 1.29 is 23.4 Å². The normalized spacial score (nSPS) is 15.5. The van der Waals surface area contributed by atoms with Crippen molar-refractivity contribution in [3.05, 3.63) is 53.6 Å². The molecule has 0 bridgehead atoms. The Balaban J connectivity index is 2.00. The fourth-order valence-electron chi connectivity index (χ4n) is 2.17. The van der Waals surface area contributed by atoms with E-state index in [0.29, 0.717) is 29.4 Å². The SMILES string of the molecule is CCOc1c(/C=C2/N=C(c3ccco3)OC2=O)cccc1OC. The quantitative estimate of drug-likeness (QED) is 0.627. The van der Waals surface area contributed by atoms with E-state index >= 15 is 0 Å². The van der Waals surface area contributed by atoms with E-state index in [1.54, 1.807) is 31.4 Å². The molecule has 1 aromatic carbocycles. The summed E-state index contributed by atoms with van der Waals surface area (Å²) in [6.45, 7) is 2.35.